The number of phenolic OH excluding ortho intramolecular Hbond substituents is 1. The summed E-state index contributed by atoms with van der Waals surface area (Å²) in [7, 11) is 0. The number of benzene rings is 3. The molecule has 0 aliphatic heterocycles. The van der Waals surface area contributed by atoms with E-state index in [4.69, 9.17) is 28.2 Å². The van der Waals surface area contributed by atoms with Crippen molar-refractivity contribution in [3.8, 4) is 5.75 Å². The molecule has 0 radical (unpaired) electrons. The van der Waals surface area contributed by atoms with Crippen LogP contribution in [0.5, 0.6) is 5.75 Å². The van der Waals surface area contributed by atoms with E-state index < -0.39 is 17.4 Å². The van der Waals surface area contributed by atoms with E-state index in [0.29, 0.717) is 22.6 Å². The number of pyridine rings is 1. The van der Waals surface area contributed by atoms with Crippen molar-refractivity contribution in [2.45, 2.75) is 44.2 Å². The van der Waals surface area contributed by atoms with Crippen molar-refractivity contribution < 1.29 is 24.6 Å². The first-order valence-electron chi connectivity index (χ1n) is 14.2. The Hall–Kier alpha value is -4.40. The number of carbonyl (C=O) groups excluding carboxylic acids is 2. The van der Waals surface area contributed by atoms with Gasteiger partial charge in [0.15, 0.2) is 0 Å². The largest absolute Gasteiger partial charge is 0.508 e. The molecule has 1 aromatic heterocycles. The second-order valence-electron chi connectivity index (χ2n) is 11.0. The highest BCUT2D eigenvalue weighted by Crippen LogP contribution is 2.33. The molecule has 1 atom stereocenters. The Morgan fingerprint density at radius 3 is 2.11 bits per heavy atom. The second-order valence-corrected chi connectivity index (χ2v) is 11.8. The van der Waals surface area contributed by atoms with Crippen LogP contribution in [0.4, 0.5) is 5.82 Å². The average molecular weight is 633 g/mol. The molecule has 0 saturated heterocycles. The van der Waals surface area contributed by atoms with Crippen LogP contribution in [0.2, 0.25) is 10.0 Å². The third kappa shape index (κ3) is 6.72. The fourth-order valence-corrected chi connectivity index (χ4v) is 5.74. The van der Waals surface area contributed by atoms with Crippen LogP contribution in [0, 0.1) is 0 Å². The average Bonchev–Trinajstić information content (AvgIpc) is 3.84. The molecule has 44 heavy (non-hydrogen) atoms. The van der Waals surface area contributed by atoms with E-state index in [1.54, 1.807) is 53.4 Å². The fourth-order valence-electron chi connectivity index (χ4n) is 5.18. The van der Waals surface area contributed by atoms with Gasteiger partial charge in [-0.05, 0) is 73.9 Å². The van der Waals surface area contributed by atoms with Crippen LogP contribution in [-0.2, 0) is 17.6 Å². The lowest BCUT2D eigenvalue weighted by atomic mass is 9.89. The van der Waals surface area contributed by atoms with Crippen LogP contribution >= 0.6 is 23.2 Å². The van der Waals surface area contributed by atoms with Gasteiger partial charge in [0.05, 0.1) is 15.6 Å². The Balaban J connectivity index is 1.48. The molecule has 4 aromatic rings. The normalized spacial score (nSPS) is 14.0. The third-order valence-corrected chi connectivity index (χ3v) is 8.37. The first-order chi connectivity index (χ1) is 21.1. The molecule has 10 heteroatoms. The summed E-state index contributed by atoms with van der Waals surface area (Å²) in [5.74, 6) is -1.47. The highest BCUT2D eigenvalue weighted by molar-refractivity contribution is 6.39. The summed E-state index contributed by atoms with van der Waals surface area (Å²) in [6, 6.07) is 25.3. The number of carboxylic acid groups (broad SMARTS) is 1. The molecule has 1 aliphatic carbocycles. The van der Waals surface area contributed by atoms with Gasteiger partial charge in [0.25, 0.3) is 11.8 Å². The van der Waals surface area contributed by atoms with E-state index in [0.717, 1.165) is 12.8 Å². The number of amides is 2. The molecule has 2 N–H and O–H groups in total. The van der Waals surface area contributed by atoms with Crippen molar-refractivity contribution in [3.63, 3.8) is 0 Å². The van der Waals surface area contributed by atoms with Gasteiger partial charge >= 0.3 is 5.97 Å². The molecule has 5 rings (SSSR count). The number of hydrogen-bond acceptors (Lipinski definition) is 5. The summed E-state index contributed by atoms with van der Waals surface area (Å²) in [6.07, 6.45) is 1.89. The third-order valence-electron chi connectivity index (χ3n) is 7.74. The van der Waals surface area contributed by atoms with Gasteiger partial charge in [-0.2, -0.15) is 0 Å². The maximum absolute atomic E-state index is 14.1. The van der Waals surface area contributed by atoms with Gasteiger partial charge in [-0.3, -0.25) is 14.5 Å². The molecule has 8 nitrogen and oxygen atoms in total. The van der Waals surface area contributed by atoms with Crippen molar-refractivity contribution in [2.24, 2.45) is 0 Å². The van der Waals surface area contributed by atoms with Crippen LogP contribution in [-0.4, -0.2) is 56.0 Å². The van der Waals surface area contributed by atoms with E-state index in [1.807, 2.05) is 18.2 Å². The monoisotopic (exact) mass is 631 g/mol. The summed E-state index contributed by atoms with van der Waals surface area (Å²) >= 11 is 12.8. The van der Waals surface area contributed by atoms with E-state index >= 15 is 0 Å². The Kier molecular flexibility index (Phi) is 9.22. The minimum atomic E-state index is -1.72. The molecule has 0 unspecified atom stereocenters. The summed E-state index contributed by atoms with van der Waals surface area (Å²) in [6.45, 7) is 1.44. The highest BCUT2D eigenvalue weighted by atomic mass is 35.5. The maximum Gasteiger partial charge on any atom is 0.329 e. The number of nitrogens with zero attached hydrogens (tertiary/aromatic N) is 3. The van der Waals surface area contributed by atoms with Gasteiger partial charge in [0.1, 0.15) is 17.1 Å². The second kappa shape index (κ2) is 13.1. The van der Waals surface area contributed by atoms with Gasteiger partial charge in [-0.1, -0.05) is 65.7 Å². The number of rotatable bonds is 11. The van der Waals surface area contributed by atoms with E-state index in [1.165, 1.54) is 36.1 Å². The number of anilines is 1. The van der Waals surface area contributed by atoms with Gasteiger partial charge in [-0.15, -0.1) is 0 Å². The molecule has 1 aliphatic rings. The zero-order chi connectivity index (χ0) is 31.4. The standard InChI is InChI=1S/C34H31Cl2N3O5/c1-34(33(43)44,21-22-13-17-26(40)18-14-22)38(32(42)30-27(35)10-6-11-28(30)36)20-19-24-9-5-12-29(37-24)39(25-15-16-25)31(41)23-7-3-2-4-8-23/h2-14,17-18,25,40H,15-16,19-21H2,1H3,(H,43,44)/t34-/m0/s1. The SMILES string of the molecule is C[C@](Cc1ccc(O)cc1)(C(=O)O)N(CCc1cccc(N(C(=O)c2ccccc2)C2CC2)n1)C(=O)c1c(Cl)cccc1Cl. The quantitative estimate of drug-likeness (QED) is 0.191. The molecular formula is C34H31Cl2N3O5. The Bertz CT molecular complexity index is 1660. The number of carboxylic acids is 1. The number of hydrogen-bond donors (Lipinski definition) is 2. The predicted molar refractivity (Wildman–Crippen MR) is 170 cm³/mol. The van der Waals surface area contributed by atoms with Gasteiger partial charge < -0.3 is 15.1 Å². The minimum Gasteiger partial charge on any atom is -0.508 e. The minimum absolute atomic E-state index is 0.00379. The summed E-state index contributed by atoms with van der Waals surface area (Å²) in [4.78, 5) is 48.2. The van der Waals surface area contributed by atoms with Crippen LogP contribution in [0.15, 0.2) is 91.0 Å². The molecular weight excluding hydrogens is 601 g/mol. The molecule has 0 bridgehead atoms. The van der Waals surface area contributed by atoms with E-state index in [2.05, 4.69) is 0 Å². The topological polar surface area (TPSA) is 111 Å². The Labute approximate surface area is 265 Å². The van der Waals surface area contributed by atoms with Crippen molar-refractivity contribution in [1.82, 2.24) is 9.88 Å². The first kappa shape index (κ1) is 31.0. The summed E-state index contributed by atoms with van der Waals surface area (Å²) in [5, 5.41) is 20.5. The van der Waals surface area contributed by atoms with E-state index in [9.17, 15) is 24.6 Å². The van der Waals surface area contributed by atoms with Crippen LogP contribution in [0.25, 0.3) is 0 Å². The lowest BCUT2D eigenvalue weighted by Gasteiger charge is -2.38. The number of halogens is 2. The van der Waals surface area contributed by atoms with Gasteiger partial charge in [0, 0.05) is 36.7 Å². The lowest BCUT2D eigenvalue weighted by molar-refractivity contribution is -0.148. The molecule has 1 heterocycles. The van der Waals surface area contributed by atoms with E-state index in [-0.39, 0.29) is 52.7 Å². The molecule has 1 fully saturated rings. The zero-order valence-electron chi connectivity index (χ0n) is 24.0. The Morgan fingerprint density at radius 2 is 1.50 bits per heavy atom. The number of phenols is 1. The van der Waals surface area contributed by atoms with Crippen LogP contribution in [0.3, 0.4) is 0 Å². The first-order valence-corrected chi connectivity index (χ1v) is 15.0. The highest BCUT2D eigenvalue weighted by Gasteiger charge is 2.43. The fraction of sp³-hybridized carbons (Fsp3) is 0.235. The summed E-state index contributed by atoms with van der Waals surface area (Å²) in [5.41, 5.74) is 0.0256. The number of aliphatic carboxylic acids is 1. The summed E-state index contributed by atoms with van der Waals surface area (Å²) < 4.78 is 0. The van der Waals surface area contributed by atoms with Crippen LogP contribution in [0.1, 0.15) is 51.7 Å². The number of carbonyl (C=O) groups is 3. The molecule has 3 aromatic carbocycles. The molecule has 1 saturated carbocycles. The zero-order valence-corrected chi connectivity index (χ0v) is 25.5. The molecule has 2 amide bonds. The van der Waals surface area contributed by atoms with Crippen molar-refractivity contribution in [2.75, 3.05) is 11.4 Å². The van der Waals surface area contributed by atoms with Gasteiger partial charge in [0.2, 0.25) is 0 Å². The molecule has 226 valence electrons. The number of aromatic nitrogens is 1. The van der Waals surface area contributed by atoms with Gasteiger partial charge in [-0.25, -0.2) is 9.78 Å². The van der Waals surface area contributed by atoms with Crippen molar-refractivity contribution in [1.29, 1.82) is 0 Å². The Morgan fingerprint density at radius 1 is 0.864 bits per heavy atom. The van der Waals surface area contributed by atoms with Crippen molar-refractivity contribution >= 4 is 46.8 Å². The predicted octanol–water partition coefficient (Wildman–Crippen LogP) is 6.67. The number of aromatic hydroxyl groups is 1. The molecule has 0 spiro atoms. The maximum atomic E-state index is 14.1. The smallest absolute Gasteiger partial charge is 0.329 e. The van der Waals surface area contributed by atoms with Crippen molar-refractivity contribution in [3.05, 3.63) is 123 Å². The lowest BCUT2D eigenvalue weighted by Crippen LogP contribution is -2.57. The van der Waals surface area contributed by atoms with Crippen LogP contribution < -0.4 is 4.90 Å².